The van der Waals surface area contributed by atoms with Gasteiger partial charge in [0.2, 0.25) is 5.75 Å². The lowest BCUT2D eigenvalue weighted by molar-refractivity contribution is -0.143. The number of benzene rings is 1. The molecule has 1 aromatic rings. The molecule has 1 saturated heterocycles. The molecule has 1 atom stereocenters. The molecule has 1 fully saturated rings. The molecule has 150 valence electrons. The van der Waals surface area contributed by atoms with E-state index in [1.165, 1.54) is 39.4 Å². The third-order valence-corrected chi connectivity index (χ3v) is 4.87. The SMILES string of the molecule is COc1cc(/C=C2\SC(=S)N(CC(=O)O)C2=O)cc(OC)c1OC(=O)C(C)O. The molecule has 0 bridgehead atoms. The second-order valence-corrected chi connectivity index (χ2v) is 7.19. The van der Waals surface area contributed by atoms with Crippen molar-refractivity contribution < 1.29 is 38.8 Å². The summed E-state index contributed by atoms with van der Waals surface area (Å²) >= 11 is 6.02. The third-order valence-electron chi connectivity index (χ3n) is 3.49. The van der Waals surface area contributed by atoms with Gasteiger partial charge in [-0.25, -0.2) is 4.79 Å². The second-order valence-electron chi connectivity index (χ2n) is 5.51. The van der Waals surface area contributed by atoms with Gasteiger partial charge in [-0.05, 0) is 30.7 Å². The monoisotopic (exact) mass is 427 g/mol. The Balaban J connectivity index is 2.40. The van der Waals surface area contributed by atoms with Crippen molar-refractivity contribution in [1.29, 1.82) is 0 Å². The lowest BCUT2D eigenvalue weighted by Gasteiger charge is -2.15. The lowest BCUT2D eigenvalue weighted by Crippen LogP contribution is -2.33. The van der Waals surface area contributed by atoms with Crippen LogP contribution in [0.4, 0.5) is 0 Å². The zero-order chi connectivity index (χ0) is 21.0. The molecule has 2 rings (SSSR count). The molecule has 0 saturated carbocycles. The standard InChI is InChI=1S/C17H17NO8S2/c1-8(19)16(23)26-14-10(24-2)4-9(5-11(14)25-3)6-12-15(22)18(7-13(20)21)17(27)28-12/h4-6,8,19H,7H2,1-3H3,(H,20,21)/b12-6-. The molecule has 1 amide bonds. The Morgan fingerprint density at radius 1 is 1.29 bits per heavy atom. The van der Waals surface area contributed by atoms with E-state index in [2.05, 4.69) is 0 Å². The number of esters is 1. The number of aliphatic carboxylic acids is 1. The number of aliphatic hydroxyl groups excluding tert-OH is 1. The van der Waals surface area contributed by atoms with Gasteiger partial charge < -0.3 is 24.4 Å². The van der Waals surface area contributed by atoms with Crippen molar-refractivity contribution in [2.45, 2.75) is 13.0 Å². The average molecular weight is 427 g/mol. The topological polar surface area (TPSA) is 123 Å². The van der Waals surface area contributed by atoms with E-state index in [1.54, 1.807) is 0 Å². The zero-order valence-electron chi connectivity index (χ0n) is 15.1. The number of carboxylic acid groups (broad SMARTS) is 1. The number of carboxylic acids is 1. The predicted molar refractivity (Wildman–Crippen MR) is 104 cm³/mol. The number of hydrogen-bond donors (Lipinski definition) is 2. The maximum Gasteiger partial charge on any atom is 0.340 e. The van der Waals surface area contributed by atoms with Gasteiger partial charge in [-0.1, -0.05) is 24.0 Å². The van der Waals surface area contributed by atoms with Crippen molar-refractivity contribution in [1.82, 2.24) is 4.90 Å². The van der Waals surface area contributed by atoms with Crippen molar-refractivity contribution in [2.75, 3.05) is 20.8 Å². The van der Waals surface area contributed by atoms with E-state index in [9.17, 15) is 19.5 Å². The number of nitrogens with zero attached hydrogens (tertiary/aromatic N) is 1. The minimum atomic E-state index is -1.34. The van der Waals surface area contributed by atoms with Crippen molar-refractivity contribution in [3.8, 4) is 17.2 Å². The van der Waals surface area contributed by atoms with E-state index < -0.39 is 30.5 Å². The summed E-state index contributed by atoms with van der Waals surface area (Å²) in [6, 6.07) is 2.99. The normalized spacial score (nSPS) is 16.3. The van der Waals surface area contributed by atoms with Gasteiger partial charge in [-0.2, -0.15) is 0 Å². The molecule has 1 aromatic carbocycles. The van der Waals surface area contributed by atoms with E-state index in [-0.39, 0.29) is 26.5 Å². The Labute approximate surface area is 169 Å². The van der Waals surface area contributed by atoms with E-state index in [0.717, 1.165) is 16.7 Å². The molecule has 1 unspecified atom stereocenters. The number of amides is 1. The Kier molecular flexibility index (Phi) is 7.00. The number of thiocarbonyl (C=S) groups is 1. The number of methoxy groups -OCH3 is 2. The Morgan fingerprint density at radius 3 is 2.32 bits per heavy atom. The molecular weight excluding hydrogens is 410 g/mol. The molecule has 1 aliphatic rings. The molecular formula is C17H17NO8S2. The van der Waals surface area contributed by atoms with E-state index >= 15 is 0 Å². The quantitative estimate of drug-likeness (QED) is 0.285. The lowest BCUT2D eigenvalue weighted by atomic mass is 10.1. The Morgan fingerprint density at radius 2 is 1.86 bits per heavy atom. The second kappa shape index (κ2) is 9.04. The van der Waals surface area contributed by atoms with Crippen molar-refractivity contribution in [2.24, 2.45) is 0 Å². The largest absolute Gasteiger partial charge is 0.493 e. The van der Waals surface area contributed by atoms with Crippen molar-refractivity contribution in [3.63, 3.8) is 0 Å². The van der Waals surface area contributed by atoms with Crippen LogP contribution in [-0.4, -0.2) is 64.1 Å². The predicted octanol–water partition coefficient (Wildman–Crippen LogP) is 1.28. The number of thioether (sulfide) groups is 1. The first-order valence-electron chi connectivity index (χ1n) is 7.80. The molecule has 0 spiro atoms. The molecule has 1 aliphatic heterocycles. The van der Waals surface area contributed by atoms with Gasteiger partial charge in [-0.15, -0.1) is 0 Å². The van der Waals surface area contributed by atoms with E-state index in [1.807, 2.05) is 0 Å². The van der Waals surface area contributed by atoms with Crippen LogP contribution in [0, 0.1) is 0 Å². The van der Waals surface area contributed by atoms with E-state index in [0.29, 0.717) is 5.56 Å². The smallest absolute Gasteiger partial charge is 0.340 e. The summed E-state index contributed by atoms with van der Waals surface area (Å²) in [7, 11) is 2.70. The van der Waals surface area contributed by atoms with Gasteiger partial charge in [0.15, 0.2) is 11.5 Å². The van der Waals surface area contributed by atoms with Crippen LogP contribution < -0.4 is 14.2 Å². The number of aliphatic hydroxyl groups is 1. The highest BCUT2D eigenvalue weighted by atomic mass is 32.2. The van der Waals surface area contributed by atoms with Gasteiger partial charge in [0.05, 0.1) is 19.1 Å². The van der Waals surface area contributed by atoms with Crippen LogP contribution in [0.25, 0.3) is 6.08 Å². The molecule has 28 heavy (non-hydrogen) atoms. The molecule has 0 radical (unpaired) electrons. The van der Waals surface area contributed by atoms with Gasteiger partial charge in [-0.3, -0.25) is 14.5 Å². The van der Waals surface area contributed by atoms with Crippen LogP contribution in [-0.2, 0) is 14.4 Å². The van der Waals surface area contributed by atoms with Crippen LogP contribution in [0.15, 0.2) is 17.0 Å². The molecule has 0 aliphatic carbocycles. The molecule has 11 heteroatoms. The van der Waals surface area contributed by atoms with Gasteiger partial charge in [0.25, 0.3) is 5.91 Å². The minimum Gasteiger partial charge on any atom is -0.493 e. The van der Waals surface area contributed by atoms with Crippen LogP contribution in [0.1, 0.15) is 12.5 Å². The fourth-order valence-corrected chi connectivity index (χ4v) is 3.45. The van der Waals surface area contributed by atoms with Gasteiger partial charge in [0, 0.05) is 0 Å². The van der Waals surface area contributed by atoms with E-state index in [4.69, 9.17) is 31.5 Å². The maximum absolute atomic E-state index is 12.4. The zero-order valence-corrected chi connectivity index (χ0v) is 16.8. The maximum atomic E-state index is 12.4. The van der Waals surface area contributed by atoms with Gasteiger partial charge in [0.1, 0.15) is 17.0 Å². The van der Waals surface area contributed by atoms with Crippen LogP contribution >= 0.6 is 24.0 Å². The Hall–Kier alpha value is -2.63. The fraction of sp³-hybridized carbons (Fsp3) is 0.294. The van der Waals surface area contributed by atoms with Gasteiger partial charge >= 0.3 is 11.9 Å². The van der Waals surface area contributed by atoms with Crippen molar-refractivity contribution in [3.05, 3.63) is 22.6 Å². The first-order valence-corrected chi connectivity index (χ1v) is 9.03. The average Bonchev–Trinajstić information content (AvgIpc) is 2.89. The Bertz CT molecular complexity index is 840. The molecule has 1 heterocycles. The summed E-state index contributed by atoms with van der Waals surface area (Å²) in [6.07, 6.45) is 0.150. The minimum absolute atomic E-state index is 0.0218. The molecule has 0 aromatic heterocycles. The summed E-state index contributed by atoms with van der Waals surface area (Å²) in [4.78, 5) is 36.2. The summed E-state index contributed by atoms with van der Waals surface area (Å²) < 4.78 is 15.7. The first-order chi connectivity index (χ1) is 13.2. The summed E-state index contributed by atoms with van der Waals surface area (Å²) in [6.45, 7) is 0.734. The fourth-order valence-electron chi connectivity index (χ4n) is 2.19. The molecule has 2 N–H and O–H groups in total. The number of carbonyl (C=O) groups is 3. The molecule has 9 nitrogen and oxygen atoms in total. The van der Waals surface area contributed by atoms with Crippen LogP contribution in [0.3, 0.4) is 0 Å². The third kappa shape index (κ3) is 4.80. The summed E-state index contributed by atoms with van der Waals surface area (Å²) in [5.41, 5.74) is 0.473. The summed E-state index contributed by atoms with van der Waals surface area (Å²) in [5, 5.41) is 18.2. The highest BCUT2D eigenvalue weighted by Gasteiger charge is 2.33. The summed E-state index contributed by atoms with van der Waals surface area (Å²) in [5.74, 6) is -2.34. The highest BCUT2D eigenvalue weighted by molar-refractivity contribution is 8.26. The number of ether oxygens (including phenoxy) is 3. The number of rotatable bonds is 7. The highest BCUT2D eigenvalue weighted by Crippen LogP contribution is 2.40. The van der Waals surface area contributed by atoms with Crippen LogP contribution in [0.2, 0.25) is 0 Å². The number of hydrogen-bond acceptors (Lipinski definition) is 9. The van der Waals surface area contributed by atoms with Crippen LogP contribution in [0.5, 0.6) is 17.2 Å². The first kappa shape index (κ1) is 21.7. The van der Waals surface area contributed by atoms with Crippen molar-refractivity contribution >= 4 is 52.2 Å². The number of carbonyl (C=O) groups excluding carboxylic acids is 2.